The number of aryl methyl sites for hydroxylation is 1. The molecule has 1 saturated heterocycles. The summed E-state index contributed by atoms with van der Waals surface area (Å²) in [4.78, 5) is 4.50. The molecule has 3 heterocycles. The van der Waals surface area contributed by atoms with E-state index >= 15 is 0 Å². The number of nitrogens with zero attached hydrogens (tertiary/aromatic N) is 3. The molecule has 1 aliphatic rings. The second kappa shape index (κ2) is 6.77. The molecular formula is C20H20F3N3O2. The van der Waals surface area contributed by atoms with E-state index in [1.165, 1.54) is 6.92 Å². The predicted octanol–water partition coefficient (Wildman–Crippen LogP) is 4.73. The van der Waals surface area contributed by atoms with E-state index in [1.54, 1.807) is 6.07 Å². The zero-order valence-corrected chi connectivity index (χ0v) is 15.5. The molecule has 0 aliphatic carbocycles. The first-order valence-corrected chi connectivity index (χ1v) is 9.09. The topological polar surface area (TPSA) is 60.2 Å². The summed E-state index contributed by atoms with van der Waals surface area (Å²) in [6, 6.07) is 5.48. The second-order valence-electron chi connectivity index (χ2n) is 7.31. The Morgan fingerprint density at radius 3 is 2.71 bits per heavy atom. The molecule has 0 unspecified atom stereocenters. The maximum absolute atomic E-state index is 13.0. The average molecular weight is 391 g/mol. The highest BCUT2D eigenvalue weighted by Gasteiger charge is 2.32. The van der Waals surface area contributed by atoms with Crippen molar-refractivity contribution in [3.8, 4) is 17.0 Å². The Kier molecular flexibility index (Phi) is 4.53. The summed E-state index contributed by atoms with van der Waals surface area (Å²) >= 11 is 0. The van der Waals surface area contributed by atoms with E-state index in [0.29, 0.717) is 36.0 Å². The van der Waals surface area contributed by atoms with Gasteiger partial charge in [-0.05, 0) is 43.2 Å². The fourth-order valence-electron chi connectivity index (χ4n) is 3.76. The number of hydrogen-bond acceptors (Lipinski definition) is 4. The molecule has 0 bridgehead atoms. The molecule has 2 atom stereocenters. The summed E-state index contributed by atoms with van der Waals surface area (Å²) in [6.45, 7) is 5.00. The number of alkyl halides is 3. The van der Waals surface area contributed by atoms with Gasteiger partial charge in [0.2, 0.25) is 0 Å². The summed E-state index contributed by atoms with van der Waals surface area (Å²) in [5, 5.41) is 15.6. The Balaban J connectivity index is 1.74. The molecule has 28 heavy (non-hydrogen) atoms. The Bertz CT molecular complexity index is 1010. The Labute approximate surface area is 159 Å². The Hall–Kier alpha value is -2.61. The standard InChI is InChI=1S/C20H20F3N3O2/c1-11-7-14(20(21,22)23)8-17(27)18(11)15-4-3-13-9-26(25-19(13)24-15)16-5-6-28-10-12(16)2/h3-4,7-9,12,16,27H,5-6,10H2,1-2H3/t12-,16-/m1/s1. The molecule has 148 valence electrons. The van der Waals surface area contributed by atoms with Crippen molar-refractivity contribution in [2.75, 3.05) is 13.2 Å². The Morgan fingerprint density at radius 1 is 1.25 bits per heavy atom. The summed E-state index contributed by atoms with van der Waals surface area (Å²) in [5.74, 6) is -0.125. The molecule has 1 N–H and O–H groups in total. The van der Waals surface area contributed by atoms with Gasteiger partial charge in [0.25, 0.3) is 0 Å². The second-order valence-corrected chi connectivity index (χ2v) is 7.31. The van der Waals surface area contributed by atoms with Gasteiger partial charge >= 0.3 is 6.18 Å². The van der Waals surface area contributed by atoms with Gasteiger partial charge in [-0.1, -0.05) is 6.92 Å². The van der Waals surface area contributed by atoms with Gasteiger partial charge in [0.15, 0.2) is 5.65 Å². The number of halogens is 3. The van der Waals surface area contributed by atoms with Gasteiger partial charge in [-0.25, -0.2) is 4.98 Å². The molecule has 4 rings (SSSR count). The third-order valence-electron chi connectivity index (χ3n) is 5.22. The lowest BCUT2D eigenvalue weighted by Gasteiger charge is -2.28. The van der Waals surface area contributed by atoms with Crippen LogP contribution in [-0.2, 0) is 10.9 Å². The first-order chi connectivity index (χ1) is 13.2. The minimum Gasteiger partial charge on any atom is -0.507 e. The third-order valence-corrected chi connectivity index (χ3v) is 5.22. The molecule has 0 spiro atoms. The number of hydrogen-bond donors (Lipinski definition) is 1. The molecule has 3 aromatic rings. The first-order valence-electron chi connectivity index (χ1n) is 9.09. The molecule has 1 fully saturated rings. The van der Waals surface area contributed by atoms with Crippen LogP contribution in [0.25, 0.3) is 22.3 Å². The van der Waals surface area contributed by atoms with Crippen LogP contribution in [0.5, 0.6) is 5.75 Å². The lowest BCUT2D eigenvalue weighted by Crippen LogP contribution is -2.28. The fraction of sp³-hybridized carbons (Fsp3) is 0.400. The van der Waals surface area contributed by atoms with E-state index in [0.717, 1.165) is 23.9 Å². The van der Waals surface area contributed by atoms with Crippen LogP contribution in [0.3, 0.4) is 0 Å². The van der Waals surface area contributed by atoms with Crippen LogP contribution >= 0.6 is 0 Å². The molecule has 8 heteroatoms. The predicted molar refractivity (Wildman–Crippen MR) is 98.0 cm³/mol. The third kappa shape index (κ3) is 3.32. The van der Waals surface area contributed by atoms with E-state index < -0.39 is 17.5 Å². The number of aromatic nitrogens is 3. The first kappa shape index (κ1) is 18.7. The zero-order chi connectivity index (χ0) is 20.1. The van der Waals surface area contributed by atoms with Crippen LogP contribution in [0.15, 0.2) is 30.5 Å². The number of phenolic OH excluding ortho intramolecular Hbond substituents is 1. The van der Waals surface area contributed by atoms with Crippen LogP contribution in [0, 0.1) is 12.8 Å². The van der Waals surface area contributed by atoms with Crippen molar-refractivity contribution in [1.29, 1.82) is 0 Å². The van der Waals surface area contributed by atoms with Crippen LogP contribution in [-0.4, -0.2) is 33.1 Å². The van der Waals surface area contributed by atoms with Crippen LogP contribution in [0.4, 0.5) is 13.2 Å². The van der Waals surface area contributed by atoms with Crippen molar-refractivity contribution in [3.63, 3.8) is 0 Å². The molecule has 5 nitrogen and oxygen atoms in total. The molecular weight excluding hydrogens is 371 g/mol. The highest BCUT2D eigenvalue weighted by Crippen LogP contribution is 2.39. The summed E-state index contributed by atoms with van der Waals surface area (Å²) < 4.78 is 46.2. The summed E-state index contributed by atoms with van der Waals surface area (Å²) in [6.07, 6.45) is -1.73. The van der Waals surface area contributed by atoms with Gasteiger partial charge in [0, 0.05) is 29.7 Å². The Morgan fingerprint density at radius 2 is 2.04 bits per heavy atom. The highest BCUT2D eigenvalue weighted by molar-refractivity contribution is 5.80. The van der Waals surface area contributed by atoms with Crippen LogP contribution < -0.4 is 0 Å². The van der Waals surface area contributed by atoms with Gasteiger partial charge in [-0.15, -0.1) is 0 Å². The normalized spacial score (nSPS) is 20.6. The quantitative estimate of drug-likeness (QED) is 0.686. The van der Waals surface area contributed by atoms with Gasteiger partial charge in [0.05, 0.1) is 23.9 Å². The van der Waals surface area contributed by atoms with Crippen molar-refractivity contribution in [2.45, 2.75) is 32.5 Å². The van der Waals surface area contributed by atoms with Gasteiger partial charge in [0.1, 0.15) is 5.75 Å². The summed E-state index contributed by atoms with van der Waals surface area (Å²) in [7, 11) is 0. The number of pyridine rings is 1. The largest absolute Gasteiger partial charge is 0.507 e. The number of aromatic hydroxyl groups is 1. The highest BCUT2D eigenvalue weighted by atomic mass is 19.4. The smallest absolute Gasteiger partial charge is 0.416 e. The number of ether oxygens (including phenoxy) is 1. The number of rotatable bonds is 2. The monoisotopic (exact) mass is 391 g/mol. The molecule has 1 aromatic carbocycles. The number of fused-ring (bicyclic) bond motifs is 1. The fourth-order valence-corrected chi connectivity index (χ4v) is 3.76. The molecule has 0 saturated carbocycles. The van der Waals surface area contributed by atoms with Crippen molar-refractivity contribution in [1.82, 2.24) is 14.8 Å². The van der Waals surface area contributed by atoms with Crippen molar-refractivity contribution < 1.29 is 23.0 Å². The minimum absolute atomic E-state index is 0.215. The van der Waals surface area contributed by atoms with E-state index in [4.69, 9.17) is 4.74 Å². The molecule has 2 aromatic heterocycles. The van der Waals surface area contributed by atoms with Gasteiger partial charge in [-0.3, -0.25) is 4.68 Å². The van der Waals surface area contributed by atoms with Crippen LogP contribution in [0.1, 0.15) is 30.5 Å². The van der Waals surface area contributed by atoms with Gasteiger partial charge < -0.3 is 9.84 Å². The maximum atomic E-state index is 13.0. The molecule has 0 amide bonds. The number of benzene rings is 1. The number of phenols is 1. The van der Waals surface area contributed by atoms with Crippen LogP contribution in [0.2, 0.25) is 0 Å². The van der Waals surface area contributed by atoms with Gasteiger partial charge in [-0.2, -0.15) is 18.3 Å². The zero-order valence-electron chi connectivity index (χ0n) is 15.5. The molecule has 1 aliphatic heterocycles. The van der Waals surface area contributed by atoms with E-state index in [9.17, 15) is 18.3 Å². The van der Waals surface area contributed by atoms with E-state index in [1.807, 2.05) is 16.9 Å². The van der Waals surface area contributed by atoms with Crippen molar-refractivity contribution in [2.24, 2.45) is 5.92 Å². The lowest BCUT2D eigenvalue weighted by atomic mass is 9.98. The molecule has 0 radical (unpaired) electrons. The summed E-state index contributed by atoms with van der Waals surface area (Å²) in [5.41, 5.74) is 0.585. The average Bonchev–Trinajstić information content (AvgIpc) is 3.04. The van der Waals surface area contributed by atoms with Crippen molar-refractivity contribution >= 4 is 11.0 Å². The van der Waals surface area contributed by atoms with E-state index in [2.05, 4.69) is 17.0 Å². The lowest BCUT2D eigenvalue weighted by molar-refractivity contribution is -0.137. The SMILES string of the molecule is Cc1cc(C(F)(F)F)cc(O)c1-c1ccc2cn([C@@H]3CCOC[C@H]3C)nc2n1. The minimum atomic E-state index is -4.52. The maximum Gasteiger partial charge on any atom is 0.416 e. The van der Waals surface area contributed by atoms with E-state index in [-0.39, 0.29) is 11.6 Å². The van der Waals surface area contributed by atoms with Crippen molar-refractivity contribution in [3.05, 3.63) is 41.6 Å².